The van der Waals surface area contributed by atoms with Gasteiger partial charge in [-0.2, -0.15) is 4.98 Å². The molecule has 0 radical (unpaired) electrons. The molecule has 2 saturated heterocycles. The van der Waals surface area contributed by atoms with Gasteiger partial charge >= 0.3 is 5.97 Å². The van der Waals surface area contributed by atoms with E-state index in [1.54, 1.807) is 20.0 Å². The summed E-state index contributed by atoms with van der Waals surface area (Å²) in [6.07, 6.45) is 3.93. The fraction of sp³-hybridized carbons (Fsp3) is 0.706. The van der Waals surface area contributed by atoms with E-state index in [0.29, 0.717) is 50.2 Å². The lowest BCUT2D eigenvalue weighted by Gasteiger charge is -2.32. The molecule has 3 rings (SSSR count). The highest BCUT2D eigenvalue weighted by Crippen LogP contribution is 2.32. The summed E-state index contributed by atoms with van der Waals surface area (Å²) in [6, 6.07) is 0. The third-order valence-electron chi connectivity index (χ3n) is 4.80. The quantitative estimate of drug-likeness (QED) is 0.792. The summed E-state index contributed by atoms with van der Waals surface area (Å²) >= 11 is 0. The number of morpholine rings is 1. The summed E-state index contributed by atoms with van der Waals surface area (Å²) < 4.78 is 11.0. The van der Waals surface area contributed by atoms with Gasteiger partial charge in [-0.25, -0.2) is 4.98 Å². The first kappa shape index (κ1) is 17.9. The van der Waals surface area contributed by atoms with Gasteiger partial charge in [0, 0.05) is 38.0 Å². The molecule has 0 aromatic carbocycles. The van der Waals surface area contributed by atoms with E-state index in [2.05, 4.69) is 20.2 Å². The summed E-state index contributed by atoms with van der Waals surface area (Å²) in [5.41, 5.74) is -0.453. The molecule has 2 aliphatic heterocycles. The molecule has 8 heteroatoms. The van der Waals surface area contributed by atoms with E-state index < -0.39 is 11.4 Å². The Morgan fingerprint density at radius 1 is 1.40 bits per heavy atom. The summed E-state index contributed by atoms with van der Waals surface area (Å²) in [6.45, 7) is 7.40. The normalized spacial score (nSPS) is 21.4. The molecule has 25 heavy (non-hydrogen) atoms. The van der Waals surface area contributed by atoms with Crippen LogP contribution in [0.3, 0.4) is 0 Å². The van der Waals surface area contributed by atoms with Gasteiger partial charge in [0.05, 0.1) is 24.7 Å². The van der Waals surface area contributed by atoms with Crippen LogP contribution >= 0.6 is 0 Å². The largest absolute Gasteiger partial charge is 0.481 e. The van der Waals surface area contributed by atoms with E-state index in [9.17, 15) is 9.90 Å². The smallest absolute Gasteiger partial charge is 0.313 e. The molecule has 138 valence electrons. The Kier molecular flexibility index (Phi) is 5.39. The average Bonchev–Trinajstić information content (AvgIpc) is 3.14. The van der Waals surface area contributed by atoms with Crippen molar-refractivity contribution >= 4 is 17.7 Å². The number of aromatic nitrogens is 2. The van der Waals surface area contributed by atoms with Gasteiger partial charge in [-0.3, -0.25) is 4.79 Å². The van der Waals surface area contributed by atoms with E-state index in [1.165, 1.54) is 0 Å². The number of ether oxygens (including phenoxy) is 2. The summed E-state index contributed by atoms with van der Waals surface area (Å²) in [7, 11) is 0. The van der Waals surface area contributed by atoms with E-state index in [1.807, 2.05) is 0 Å². The van der Waals surface area contributed by atoms with Gasteiger partial charge in [-0.05, 0) is 26.7 Å². The van der Waals surface area contributed by atoms with Crippen LogP contribution < -0.4 is 10.2 Å². The van der Waals surface area contributed by atoms with E-state index in [0.717, 1.165) is 19.4 Å². The van der Waals surface area contributed by atoms with Crippen molar-refractivity contribution in [3.8, 4) is 0 Å². The van der Waals surface area contributed by atoms with Crippen LogP contribution in [0.2, 0.25) is 0 Å². The van der Waals surface area contributed by atoms with Crippen LogP contribution in [0, 0.1) is 0 Å². The van der Waals surface area contributed by atoms with Crippen molar-refractivity contribution in [2.45, 2.75) is 38.2 Å². The Balaban J connectivity index is 1.85. The minimum Gasteiger partial charge on any atom is -0.481 e. The molecular formula is C17H26N4O4. The van der Waals surface area contributed by atoms with Crippen LogP contribution in [0.5, 0.6) is 0 Å². The SMILES string of the molecule is CC(C)(C(=O)O)c1cnc(NCC2CCCO2)nc1N1CCOCC1. The molecule has 1 aromatic rings. The summed E-state index contributed by atoms with van der Waals surface area (Å²) in [5, 5.41) is 12.8. The zero-order valence-electron chi connectivity index (χ0n) is 14.8. The fourth-order valence-electron chi connectivity index (χ4n) is 3.04. The Bertz CT molecular complexity index is 611. The molecule has 1 aromatic heterocycles. The van der Waals surface area contributed by atoms with E-state index in [-0.39, 0.29) is 6.10 Å². The van der Waals surface area contributed by atoms with Crippen LogP contribution in [0.25, 0.3) is 0 Å². The lowest BCUT2D eigenvalue weighted by Crippen LogP contribution is -2.40. The molecule has 0 bridgehead atoms. The van der Waals surface area contributed by atoms with Crippen LogP contribution in [0.15, 0.2) is 6.20 Å². The number of aliphatic carboxylic acids is 1. The molecule has 2 N–H and O–H groups in total. The number of carboxylic acids is 1. The molecule has 1 unspecified atom stereocenters. The van der Waals surface area contributed by atoms with Gasteiger partial charge in [-0.1, -0.05) is 0 Å². The Morgan fingerprint density at radius 3 is 2.80 bits per heavy atom. The van der Waals surface area contributed by atoms with E-state index >= 15 is 0 Å². The number of carboxylic acid groups (broad SMARTS) is 1. The van der Waals surface area contributed by atoms with Gasteiger partial charge in [0.15, 0.2) is 0 Å². The minimum absolute atomic E-state index is 0.186. The Morgan fingerprint density at radius 2 is 2.16 bits per heavy atom. The fourth-order valence-corrected chi connectivity index (χ4v) is 3.04. The van der Waals surface area contributed by atoms with Gasteiger partial charge in [0.1, 0.15) is 5.82 Å². The number of nitrogens with zero attached hydrogens (tertiary/aromatic N) is 3. The first-order chi connectivity index (χ1) is 12.0. The van der Waals surface area contributed by atoms with Crippen molar-refractivity contribution in [3.63, 3.8) is 0 Å². The van der Waals surface area contributed by atoms with Crippen LogP contribution in [0.4, 0.5) is 11.8 Å². The van der Waals surface area contributed by atoms with E-state index in [4.69, 9.17) is 9.47 Å². The molecule has 0 amide bonds. The highest BCUT2D eigenvalue weighted by Gasteiger charge is 2.35. The number of anilines is 2. The highest BCUT2D eigenvalue weighted by atomic mass is 16.5. The summed E-state index contributed by atoms with van der Waals surface area (Å²) in [4.78, 5) is 22.8. The predicted molar refractivity (Wildman–Crippen MR) is 93.2 cm³/mol. The zero-order chi connectivity index (χ0) is 17.9. The standard InChI is InChI=1S/C17H26N4O4/c1-17(2,15(22)23)13-11-19-16(18-10-12-4-3-7-25-12)20-14(13)21-5-8-24-9-6-21/h11-12H,3-10H2,1-2H3,(H,22,23)(H,18,19,20). The van der Waals surface area contributed by atoms with Crippen molar-refractivity contribution in [1.29, 1.82) is 0 Å². The second kappa shape index (κ2) is 7.53. The molecule has 0 spiro atoms. The van der Waals surface area contributed by atoms with Gasteiger partial charge in [0.2, 0.25) is 5.95 Å². The molecule has 2 aliphatic rings. The Hall–Kier alpha value is -1.93. The monoisotopic (exact) mass is 350 g/mol. The second-order valence-corrected chi connectivity index (χ2v) is 6.98. The highest BCUT2D eigenvalue weighted by molar-refractivity contribution is 5.82. The minimum atomic E-state index is -1.07. The van der Waals surface area contributed by atoms with Crippen LogP contribution in [0.1, 0.15) is 32.3 Å². The maximum Gasteiger partial charge on any atom is 0.313 e. The Labute approximate surface area is 147 Å². The average molecular weight is 350 g/mol. The van der Waals surface area contributed by atoms with Crippen LogP contribution in [-0.2, 0) is 19.7 Å². The van der Waals surface area contributed by atoms with Crippen molar-refractivity contribution in [2.75, 3.05) is 49.7 Å². The number of nitrogens with one attached hydrogen (secondary N) is 1. The maximum atomic E-state index is 11.7. The molecule has 2 fully saturated rings. The van der Waals surface area contributed by atoms with Crippen molar-refractivity contribution in [3.05, 3.63) is 11.8 Å². The number of rotatable bonds is 6. The number of carbonyl (C=O) groups is 1. The van der Waals surface area contributed by atoms with Crippen molar-refractivity contribution in [2.24, 2.45) is 0 Å². The first-order valence-corrected chi connectivity index (χ1v) is 8.77. The third-order valence-corrected chi connectivity index (χ3v) is 4.80. The number of hydrogen-bond acceptors (Lipinski definition) is 7. The van der Waals surface area contributed by atoms with Crippen LogP contribution in [-0.4, -0.2) is 66.6 Å². The molecule has 3 heterocycles. The zero-order valence-corrected chi connectivity index (χ0v) is 14.8. The van der Waals surface area contributed by atoms with Gasteiger partial charge < -0.3 is 24.8 Å². The topological polar surface area (TPSA) is 96.8 Å². The molecule has 1 atom stereocenters. The third kappa shape index (κ3) is 4.01. The second-order valence-electron chi connectivity index (χ2n) is 6.98. The molecular weight excluding hydrogens is 324 g/mol. The number of hydrogen-bond donors (Lipinski definition) is 2. The molecule has 0 saturated carbocycles. The van der Waals surface area contributed by atoms with Crippen molar-refractivity contribution in [1.82, 2.24) is 9.97 Å². The molecule has 0 aliphatic carbocycles. The summed E-state index contributed by atoms with van der Waals surface area (Å²) in [5.74, 6) is 0.271. The first-order valence-electron chi connectivity index (χ1n) is 8.77. The maximum absolute atomic E-state index is 11.7. The molecule has 8 nitrogen and oxygen atoms in total. The van der Waals surface area contributed by atoms with Crippen molar-refractivity contribution < 1.29 is 19.4 Å². The predicted octanol–water partition coefficient (Wildman–Crippen LogP) is 1.27. The lowest BCUT2D eigenvalue weighted by molar-refractivity contribution is -0.142. The lowest BCUT2D eigenvalue weighted by atomic mass is 9.85. The van der Waals surface area contributed by atoms with Gasteiger partial charge in [-0.15, -0.1) is 0 Å². The van der Waals surface area contributed by atoms with Gasteiger partial charge in [0.25, 0.3) is 0 Å².